The molecule has 1 fully saturated rings. The third kappa shape index (κ3) is 1.89. The minimum atomic E-state index is -1.21. The zero-order valence-electron chi connectivity index (χ0n) is 6.24. The molecule has 1 saturated heterocycles. The van der Waals surface area contributed by atoms with Gasteiger partial charge in [-0.25, -0.2) is 0 Å². The van der Waals surface area contributed by atoms with Crippen molar-refractivity contribution in [1.82, 2.24) is 0 Å². The Morgan fingerprint density at radius 3 is 2.17 bits per heavy atom. The highest BCUT2D eigenvalue weighted by molar-refractivity contribution is 7.81. The highest BCUT2D eigenvalue weighted by Crippen LogP contribution is 2.23. The van der Waals surface area contributed by atoms with Crippen molar-refractivity contribution in [2.24, 2.45) is 0 Å². The molecule has 1 aliphatic rings. The van der Waals surface area contributed by atoms with Gasteiger partial charge in [0.2, 0.25) is 0 Å². The third-order valence-electron chi connectivity index (χ3n) is 1.87. The smallest absolute Gasteiger partial charge is 0.129 e. The summed E-state index contributed by atoms with van der Waals surface area (Å²) in [5.41, 5.74) is -0.763. The first-order valence-electron chi connectivity index (χ1n) is 3.56. The zero-order chi connectivity index (χ0) is 9.30. The van der Waals surface area contributed by atoms with Crippen molar-refractivity contribution in [3.8, 4) is 0 Å². The largest absolute Gasteiger partial charge is 0.388 e. The lowest BCUT2D eigenvalue weighted by Crippen LogP contribution is -2.56. The summed E-state index contributed by atoms with van der Waals surface area (Å²) in [6.45, 7) is 0. The Morgan fingerprint density at radius 2 is 1.67 bits per heavy atom. The number of aliphatic hydroxyl groups is 3. The van der Waals surface area contributed by atoms with Crippen LogP contribution in [0.3, 0.4) is 0 Å². The second-order valence-electron chi connectivity index (χ2n) is 2.72. The Bertz CT molecular complexity index is 152. The van der Waals surface area contributed by atoms with Gasteiger partial charge in [0.1, 0.15) is 23.7 Å². The molecule has 0 aromatic rings. The molecule has 6 heteroatoms. The lowest BCUT2D eigenvalue weighted by Gasteiger charge is -2.38. The molecule has 72 valence electrons. The van der Waals surface area contributed by atoms with Crippen LogP contribution in [0.15, 0.2) is 0 Å². The van der Waals surface area contributed by atoms with Crippen molar-refractivity contribution in [2.45, 2.75) is 29.9 Å². The molecule has 0 aromatic heterocycles. The van der Waals surface area contributed by atoms with Gasteiger partial charge in [0.05, 0.1) is 6.10 Å². The molecule has 0 amide bonds. The lowest BCUT2D eigenvalue weighted by atomic mass is 10.0. The van der Waals surface area contributed by atoms with Gasteiger partial charge in [-0.05, 0) is 0 Å². The van der Waals surface area contributed by atoms with E-state index in [1.54, 1.807) is 0 Å². The predicted octanol–water partition coefficient (Wildman–Crippen LogP) is -1.35. The number of hydrogen-bond acceptors (Lipinski definition) is 6. The van der Waals surface area contributed by atoms with Crippen LogP contribution in [0.5, 0.6) is 0 Å². The van der Waals surface area contributed by atoms with Gasteiger partial charge in [-0.1, -0.05) is 0 Å². The first kappa shape index (κ1) is 10.6. The van der Waals surface area contributed by atoms with Crippen molar-refractivity contribution >= 4 is 25.3 Å². The van der Waals surface area contributed by atoms with E-state index in [0.29, 0.717) is 0 Å². The molecule has 0 spiro atoms. The number of aliphatic hydroxyl groups excluding tert-OH is 3. The van der Waals surface area contributed by atoms with Gasteiger partial charge in [-0.3, -0.25) is 0 Å². The van der Waals surface area contributed by atoms with E-state index in [2.05, 4.69) is 25.3 Å². The Hall–Kier alpha value is 0.540. The Labute approximate surface area is 81.4 Å². The van der Waals surface area contributed by atoms with Crippen LogP contribution < -0.4 is 0 Å². The molecule has 4 nitrogen and oxygen atoms in total. The first-order valence-corrected chi connectivity index (χ1v) is 4.71. The molecule has 1 rings (SSSR count). The van der Waals surface area contributed by atoms with Crippen LogP contribution in [0.1, 0.15) is 0 Å². The van der Waals surface area contributed by atoms with Crippen LogP contribution in [0.25, 0.3) is 0 Å². The fourth-order valence-electron chi connectivity index (χ4n) is 1.08. The maximum Gasteiger partial charge on any atom is 0.129 e. The molecule has 2 unspecified atom stereocenters. The normalized spacial score (nSPS) is 49.2. The van der Waals surface area contributed by atoms with Gasteiger partial charge in [-0.2, -0.15) is 12.6 Å². The van der Waals surface area contributed by atoms with Gasteiger partial charge in [0.15, 0.2) is 0 Å². The fourth-order valence-corrected chi connectivity index (χ4v) is 1.72. The molecule has 0 saturated carbocycles. The second-order valence-corrected chi connectivity index (χ2v) is 3.59. The summed E-state index contributed by atoms with van der Waals surface area (Å²) in [6, 6.07) is 0. The van der Waals surface area contributed by atoms with Crippen LogP contribution in [-0.2, 0) is 4.74 Å². The minimum Gasteiger partial charge on any atom is -0.388 e. The van der Waals surface area contributed by atoms with E-state index in [0.717, 1.165) is 0 Å². The van der Waals surface area contributed by atoms with E-state index in [1.165, 1.54) is 0 Å². The van der Waals surface area contributed by atoms with E-state index in [1.807, 2.05) is 0 Å². The van der Waals surface area contributed by atoms with Gasteiger partial charge >= 0.3 is 0 Å². The quantitative estimate of drug-likeness (QED) is 0.349. The molecule has 0 aromatic carbocycles. The molecule has 5 atom stereocenters. The summed E-state index contributed by atoms with van der Waals surface area (Å²) < 4.78 is 5.06. The Kier molecular flexibility index (Phi) is 3.69. The average Bonchev–Trinajstić information content (AvgIpc) is 2.08. The van der Waals surface area contributed by atoms with E-state index in [9.17, 15) is 15.3 Å². The number of hydrogen-bond donors (Lipinski definition) is 5. The molecular formula is C6H12O4S2. The summed E-state index contributed by atoms with van der Waals surface area (Å²) in [4.78, 5) is 0. The SMILES string of the molecule is OC1[C@@H](O)C(CS)O[C@@H](S)[C@H]1O. The van der Waals surface area contributed by atoms with E-state index in [-0.39, 0.29) is 5.75 Å². The molecule has 0 aliphatic carbocycles. The molecule has 1 aliphatic heterocycles. The maximum absolute atomic E-state index is 9.31. The van der Waals surface area contributed by atoms with Gasteiger partial charge in [-0.15, -0.1) is 12.6 Å². The van der Waals surface area contributed by atoms with Gasteiger partial charge < -0.3 is 20.1 Å². The molecule has 1 heterocycles. The Morgan fingerprint density at radius 1 is 1.08 bits per heavy atom. The van der Waals surface area contributed by atoms with E-state index >= 15 is 0 Å². The number of thiol groups is 2. The predicted molar refractivity (Wildman–Crippen MR) is 49.5 cm³/mol. The summed E-state index contributed by atoms with van der Waals surface area (Å²) in [5.74, 6) is 0.280. The van der Waals surface area contributed by atoms with Crippen LogP contribution in [0, 0.1) is 0 Å². The van der Waals surface area contributed by atoms with E-state index in [4.69, 9.17) is 4.74 Å². The van der Waals surface area contributed by atoms with E-state index < -0.39 is 29.9 Å². The molecule has 0 radical (unpaired) electrons. The molecule has 12 heavy (non-hydrogen) atoms. The maximum atomic E-state index is 9.31. The zero-order valence-corrected chi connectivity index (χ0v) is 8.03. The van der Waals surface area contributed by atoms with Gasteiger partial charge in [0.25, 0.3) is 0 Å². The summed E-state index contributed by atoms with van der Waals surface area (Å²) in [7, 11) is 0. The lowest BCUT2D eigenvalue weighted by molar-refractivity contribution is -0.190. The molecule has 3 N–H and O–H groups in total. The summed E-state index contributed by atoms with van der Waals surface area (Å²) in [5, 5.41) is 27.8. The second kappa shape index (κ2) is 4.17. The van der Waals surface area contributed by atoms with Crippen molar-refractivity contribution in [2.75, 3.05) is 5.75 Å². The monoisotopic (exact) mass is 212 g/mol. The topological polar surface area (TPSA) is 69.9 Å². The molecular weight excluding hydrogens is 200 g/mol. The standard InChI is InChI=1S/C6H12O4S2/c7-3-2(1-11)10-6(12)5(9)4(3)8/h2-9,11-12H,1H2/t2?,3-,4?,5-,6-/m0/s1. The van der Waals surface area contributed by atoms with Crippen LogP contribution in [0.2, 0.25) is 0 Å². The average molecular weight is 212 g/mol. The van der Waals surface area contributed by atoms with Crippen molar-refractivity contribution < 1.29 is 20.1 Å². The third-order valence-corrected chi connectivity index (χ3v) is 2.65. The summed E-state index contributed by atoms with van der Waals surface area (Å²) in [6.07, 6.45) is -4.03. The van der Waals surface area contributed by atoms with Crippen LogP contribution in [-0.4, -0.2) is 50.9 Å². The van der Waals surface area contributed by atoms with Crippen LogP contribution in [0.4, 0.5) is 0 Å². The Balaban J connectivity index is 2.63. The van der Waals surface area contributed by atoms with Crippen molar-refractivity contribution in [3.05, 3.63) is 0 Å². The van der Waals surface area contributed by atoms with Crippen molar-refractivity contribution in [3.63, 3.8) is 0 Å². The fraction of sp³-hybridized carbons (Fsp3) is 1.00. The highest BCUT2D eigenvalue weighted by Gasteiger charge is 2.41. The molecule has 0 bridgehead atoms. The summed E-state index contributed by atoms with van der Waals surface area (Å²) >= 11 is 7.81. The number of rotatable bonds is 1. The van der Waals surface area contributed by atoms with Crippen LogP contribution >= 0.6 is 25.3 Å². The number of ether oxygens (including phenoxy) is 1. The van der Waals surface area contributed by atoms with Crippen molar-refractivity contribution in [1.29, 1.82) is 0 Å². The highest BCUT2D eigenvalue weighted by atomic mass is 32.1. The minimum absolute atomic E-state index is 0.280. The first-order chi connectivity index (χ1) is 5.57. The van der Waals surface area contributed by atoms with Gasteiger partial charge in [0, 0.05) is 5.75 Å².